The van der Waals surface area contributed by atoms with Crippen molar-refractivity contribution in [1.82, 2.24) is 10.6 Å². The Morgan fingerprint density at radius 2 is 2.24 bits per heavy atom. The quantitative estimate of drug-likeness (QED) is 0.394. The van der Waals surface area contributed by atoms with Crippen LogP contribution < -0.4 is 10.6 Å². The third-order valence-electron chi connectivity index (χ3n) is 2.62. The monoisotopic (exact) mass is 243 g/mol. The molecule has 1 unspecified atom stereocenters. The van der Waals surface area contributed by atoms with Crippen LogP contribution in [0.4, 0.5) is 0 Å². The van der Waals surface area contributed by atoms with Gasteiger partial charge < -0.3 is 20.1 Å². The van der Waals surface area contributed by atoms with Crippen molar-refractivity contribution in [2.45, 2.75) is 32.3 Å². The number of guanidine groups is 1. The summed E-state index contributed by atoms with van der Waals surface area (Å²) in [7, 11) is 1.79. The number of hydrogen-bond acceptors (Lipinski definition) is 3. The first-order valence-electron chi connectivity index (χ1n) is 6.50. The van der Waals surface area contributed by atoms with Crippen LogP contribution >= 0.6 is 0 Å². The van der Waals surface area contributed by atoms with Gasteiger partial charge in [-0.05, 0) is 19.3 Å². The van der Waals surface area contributed by atoms with Gasteiger partial charge in [0.2, 0.25) is 0 Å². The molecule has 1 rings (SSSR count). The Bertz CT molecular complexity index is 216. The second-order valence-corrected chi connectivity index (χ2v) is 4.14. The molecule has 0 aliphatic carbocycles. The van der Waals surface area contributed by atoms with E-state index < -0.39 is 0 Å². The normalized spacial score (nSPS) is 20.6. The van der Waals surface area contributed by atoms with Gasteiger partial charge in [-0.25, -0.2) is 0 Å². The van der Waals surface area contributed by atoms with E-state index in [-0.39, 0.29) is 0 Å². The SMILES string of the molecule is CCCNC(=NC)NCCCOC1CCOC1. The maximum atomic E-state index is 5.67. The van der Waals surface area contributed by atoms with E-state index in [0.717, 1.165) is 58.1 Å². The molecular formula is C12H25N3O2. The molecule has 100 valence electrons. The summed E-state index contributed by atoms with van der Waals surface area (Å²) in [6.07, 6.45) is 3.44. The topological polar surface area (TPSA) is 54.9 Å². The number of ether oxygens (including phenoxy) is 2. The molecule has 5 nitrogen and oxygen atoms in total. The van der Waals surface area contributed by atoms with E-state index in [9.17, 15) is 0 Å². The Hall–Kier alpha value is -0.810. The molecule has 0 aromatic heterocycles. The third-order valence-corrected chi connectivity index (χ3v) is 2.62. The predicted molar refractivity (Wildman–Crippen MR) is 69.4 cm³/mol. The molecule has 0 radical (unpaired) electrons. The molecule has 0 amide bonds. The molecule has 0 aromatic carbocycles. The summed E-state index contributed by atoms with van der Waals surface area (Å²) in [5.74, 6) is 0.871. The predicted octanol–water partition coefficient (Wildman–Crippen LogP) is 0.757. The number of hydrogen-bond donors (Lipinski definition) is 2. The summed E-state index contributed by atoms with van der Waals surface area (Å²) in [4.78, 5) is 4.13. The Morgan fingerprint density at radius 1 is 1.41 bits per heavy atom. The van der Waals surface area contributed by atoms with Crippen LogP contribution in [-0.4, -0.2) is 52.0 Å². The average Bonchev–Trinajstić information content (AvgIpc) is 2.85. The minimum atomic E-state index is 0.313. The zero-order valence-electron chi connectivity index (χ0n) is 11.0. The molecular weight excluding hydrogens is 218 g/mol. The van der Waals surface area contributed by atoms with Crippen LogP contribution in [-0.2, 0) is 9.47 Å². The van der Waals surface area contributed by atoms with Crippen molar-refractivity contribution in [3.05, 3.63) is 0 Å². The minimum Gasteiger partial charge on any atom is -0.379 e. The average molecular weight is 243 g/mol. The summed E-state index contributed by atoms with van der Waals surface area (Å²) in [6, 6.07) is 0. The minimum absolute atomic E-state index is 0.313. The van der Waals surface area contributed by atoms with Gasteiger partial charge in [0.05, 0.1) is 12.7 Å². The summed E-state index contributed by atoms with van der Waals surface area (Å²) < 4.78 is 10.9. The number of nitrogens with zero attached hydrogens (tertiary/aromatic N) is 1. The summed E-state index contributed by atoms with van der Waals surface area (Å²) in [5, 5.41) is 6.49. The van der Waals surface area contributed by atoms with Gasteiger partial charge in [0.15, 0.2) is 5.96 Å². The van der Waals surface area contributed by atoms with Crippen molar-refractivity contribution >= 4 is 5.96 Å². The first-order valence-corrected chi connectivity index (χ1v) is 6.50. The lowest BCUT2D eigenvalue weighted by Crippen LogP contribution is -2.38. The smallest absolute Gasteiger partial charge is 0.190 e. The number of aliphatic imine (C=N–C) groups is 1. The molecule has 1 heterocycles. The van der Waals surface area contributed by atoms with Crippen LogP contribution in [0.2, 0.25) is 0 Å². The lowest BCUT2D eigenvalue weighted by molar-refractivity contribution is 0.0420. The molecule has 1 aliphatic rings. The highest BCUT2D eigenvalue weighted by atomic mass is 16.5. The molecule has 1 saturated heterocycles. The largest absolute Gasteiger partial charge is 0.379 e. The fraction of sp³-hybridized carbons (Fsp3) is 0.917. The summed E-state index contributed by atoms with van der Waals surface area (Å²) >= 11 is 0. The van der Waals surface area contributed by atoms with Gasteiger partial charge in [0.1, 0.15) is 0 Å². The molecule has 2 N–H and O–H groups in total. The van der Waals surface area contributed by atoms with Crippen molar-refractivity contribution in [3.8, 4) is 0 Å². The van der Waals surface area contributed by atoms with Gasteiger partial charge in [-0.15, -0.1) is 0 Å². The van der Waals surface area contributed by atoms with Crippen LogP contribution in [0.5, 0.6) is 0 Å². The van der Waals surface area contributed by atoms with Crippen LogP contribution in [0, 0.1) is 0 Å². The van der Waals surface area contributed by atoms with Crippen LogP contribution in [0.15, 0.2) is 4.99 Å². The molecule has 0 spiro atoms. The first kappa shape index (κ1) is 14.3. The first-order chi connectivity index (χ1) is 8.36. The fourth-order valence-corrected chi connectivity index (χ4v) is 1.64. The van der Waals surface area contributed by atoms with Crippen molar-refractivity contribution in [2.24, 2.45) is 4.99 Å². The maximum Gasteiger partial charge on any atom is 0.190 e. The van der Waals surface area contributed by atoms with E-state index >= 15 is 0 Å². The van der Waals surface area contributed by atoms with Crippen LogP contribution in [0.1, 0.15) is 26.2 Å². The maximum absolute atomic E-state index is 5.67. The van der Waals surface area contributed by atoms with E-state index in [1.54, 1.807) is 7.05 Å². The molecule has 1 fully saturated rings. The fourth-order valence-electron chi connectivity index (χ4n) is 1.64. The van der Waals surface area contributed by atoms with Crippen molar-refractivity contribution in [3.63, 3.8) is 0 Å². The standard InChI is InChI=1S/C12H25N3O2/c1-3-6-14-12(13-2)15-7-4-8-17-11-5-9-16-10-11/h11H,3-10H2,1-2H3,(H2,13,14,15). The highest BCUT2D eigenvalue weighted by Gasteiger charge is 2.15. The molecule has 5 heteroatoms. The van der Waals surface area contributed by atoms with Gasteiger partial charge in [-0.1, -0.05) is 6.92 Å². The summed E-state index contributed by atoms with van der Waals surface area (Å²) in [5.41, 5.74) is 0. The Morgan fingerprint density at radius 3 is 2.88 bits per heavy atom. The number of nitrogens with one attached hydrogen (secondary N) is 2. The van der Waals surface area contributed by atoms with Crippen molar-refractivity contribution in [2.75, 3.05) is 40.0 Å². The van der Waals surface area contributed by atoms with E-state index in [4.69, 9.17) is 9.47 Å². The second kappa shape index (κ2) is 9.24. The van der Waals surface area contributed by atoms with Crippen molar-refractivity contribution < 1.29 is 9.47 Å². The lowest BCUT2D eigenvalue weighted by atomic mass is 10.3. The Balaban J connectivity index is 1.94. The number of rotatable bonds is 7. The highest BCUT2D eigenvalue weighted by Crippen LogP contribution is 2.07. The zero-order chi connectivity index (χ0) is 12.3. The Labute approximate surface area is 104 Å². The van der Waals surface area contributed by atoms with Crippen LogP contribution in [0.3, 0.4) is 0 Å². The van der Waals surface area contributed by atoms with E-state index in [2.05, 4.69) is 22.5 Å². The molecule has 0 aromatic rings. The molecule has 17 heavy (non-hydrogen) atoms. The van der Waals surface area contributed by atoms with Gasteiger partial charge in [0, 0.05) is 33.4 Å². The third kappa shape index (κ3) is 6.48. The lowest BCUT2D eigenvalue weighted by Gasteiger charge is -2.12. The molecule has 0 bridgehead atoms. The van der Waals surface area contributed by atoms with E-state index in [1.807, 2.05) is 0 Å². The molecule has 1 aliphatic heterocycles. The van der Waals surface area contributed by atoms with Gasteiger partial charge >= 0.3 is 0 Å². The second-order valence-electron chi connectivity index (χ2n) is 4.14. The molecule has 1 atom stereocenters. The Kier molecular flexibility index (Phi) is 7.75. The van der Waals surface area contributed by atoms with Crippen LogP contribution in [0.25, 0.3) is 0 Å². The zero-order valence-corrected chi connectivity index (χ0v) is 11.0. The van der Waals surface area contributed by atoms with E-state index in [1.165, 1.54) is 0 Å². The highest BCUT2D eigenvalue weighted by molar-refractivity contribution is 5.79. The van der Waals surface area contributed by atoms with Gasteiger partial charge in [-0.3, -0.25) is 4.99 Å². The molecule has 0 saturated carbocycles. The van der Waals surface area contributed by atoms with Crippen molar-refractivity contribution in [1.29, 1.82) is 0 Å². The summed E-state index contributed by atoms with van der Waals surface area (Å²) in [6.45, 7) is 6.36. The van der Waals surface area contributed by atoms with Gasteiger partial charge in [-0.2, -0.15) is 0 Å². The van der Waals surface area contributed by atoms with Gasteiger partial charge in [0.25, 0.3) is 0 Å². The van der Waals surface area contributed by atoms with E-state index in [0.29, 0.717) is 6.10 Å².